The molecule has 2 heterocycles. The summed E-state index contributed by atoms with van der Waals surface area (Å²) in [6.07, 6.45) is 4.15. The molecule has 1 aromatic heterocycles. The molecule has 1 unspecified atom stereocenters. The summed E-state index contributed by atoms with van der Waals surface area (Å²) in [6, 6.07) is 2.75. The molecule has 0 bridgehead atoms. The normalized spacial score (nSPS) is 17.0. The summed E-state index contributed by atoms with van der Waals surface area (Å²) in [5.41, 5.74) is 0.109. The Bertz CT molecular complexity index is 837. The fourth-order valence-corrected chi connectivity index (χ4v) is 3.27. The van der Waals surface area contributed by atoms with E-state index in [-0.39, 0.29) is 41.9 Å². The molecule has 1 aromatic carbocycles. The molecule has 0 radical (unpaired) electrons. The van der Waals surface area contributed by atoms with Gasteiger partial charge in [-0.15, -0.1) is 0 Å². The van der Waals surface area contributed by atoms with E-state index in [2.05, 4.69) is 10.3 Å². The van der Waals surface area contributed by atoms with Crippen LogP contribution in [0, 0.1) is 11.6 Å². The molecule has 1 saturated heterocycles. The molecule has 1 atom stereocenters. The van der Waals surface area contributed by atoms with Gasteiger partial charge in [-0.25, -0.2) is 13.8 Å². The van der Waals surface area contributed by atoms with Crippen LogP contribution in [0.2, 0.25) is 0 Å². The number of nitrogens with zero attached hydrogens (tertiary/aromatic N) is 2. The second-order valence-corrected chi connectivity index (χ2v) is 6.46. The summed E-state index contributed by atoms with van der Waals surface area (Å²) in [5, 5.41) is 2.60. The Kier molecular flexibility index (Phi) is 5.83. The molecule has 1 aliphatic heterocycles. The molecule has 144 valence electrons. The van der Waals surface area contributed by atoms with E-state index in [0.29, 0.717) is 13.0 Å². The molecule has 3 rings (SSSR count). The number of nitrogens with one attached hydrogen (secondary N) is 1. The van der Waals surface area contributed by atoms with Crippen LogP contribution in [-0.2, 0) is 16.0 Å². The quantitative estimate of drug-likeness (QED) is 0.869. The third-order valence-electron chi connectivity index (χ3n) is 4.68. The first-order valence-electron chi connectivity index (χ1n) is 8.91. The Morgan fingerprint density at radius 3 is 2.89 bits per heavy atom. The summed E-state index contributed by atoms with van der Waals surface area (Å²) in [4.78, 5) is 30.2. The van der Waals surface area contributed by atoms with Crippen LogP contribution in [-0.4, -0.2) is 41.3 Å². The van der Waals surface area contributed by atoms with E-state index in [1.165, 1.54) is 12.3 Å². The molecule has 2 aromatic rings. The summed E-state index contributed by atoms with van der Waals surface area (Å²) >= 11 is 0. The van der Waals surface area contributed by atoms with Gasteiger partial charge in [0.05, 0.1) is 11.8 Å². The van der Waals surface area contributed by atoms with Gasteiger partial charge in [-0.3, -0.25) is 9.59 Å². The average molecular weight is 377 g/mol. The van der Waals surface area contributed by atoms with Crippen LogP contribution in [0.5, 0.6) is 0 Å². The molecule has 1 N–H and O–H groups in total. The van der Waals surface area contributed by atoms with Crippen molar-refractivity contribution in [2.45, 2.75) is 38.1 Å². The second kappa shape index (κ2) is 8.28. The number of likely N-dealkylation sites (tertiary alicyclic amines) is 1. The number of benzene rings is 1. The van der Waals surface area contributed by atoms with Gasteiger partial charge in [0.1, 0.15) is 17.7 Å². The lowest BCUT2D eigenvalue weighted by atomic mass is 10.0. The van der Waals surface area contributed by atoms with E-state index in [4.69, 9.17) is 4.42 Å². The first-order chi connectivity index (χ1) is 13.0. The molecule has 6 nitrogen and oxygen atoms in total. The van der Waals surface area contributed by atoms with Gasteiger partial charge in [0.15, 0.2) is 11.7 Å². The monoisotopic (exact) mass is 377 g/mol. The standard InChI is InChI=1S/C19H21F2N3O3/c1-22-19(26)15-4-2-3-9-24(15)18(25)8-7-17-23-11-16(27-17)13-6-5-12(20)10-14(13)21/h5-6,10-11,15H,2-4,7-9H2,1H3,(H,22,26). The topological polar surface area (TPSA) is 75.4 Å². The molecule has 0 spiro atoms. The van der Waals surface area contributed by atoms with Gasteiger partial charge in [-0.05, 0) is 31.4 Å². The van der Waals surface area contributed by atoms with E-state index in [1.807, 2.05) is 0 Å². The maximum absolute atomic E-state index is 13.8. The molecule has 1 aliphatic rings. The highest BCUT2D eigenvalue weighted by Crippen LogP contribution is 2.25. The van der Waals surface area contributed by atoms with Gasteiger partial charge in [-0.2, -0.15) is 0 Å². The number of amides is 2. The minimum absolute atomic E-state index is 0.109. The van der Waals surface area contributed by atoms with Crippen LogP contribution in [0.25, 0.3) is 11.3 Å². The van der Waals surface area contributed by atoms with Crippen molar-refractivity contribution in [3.8, 4) is 11.3 Å². The van der Waals surface area contributed by atoms with E-state index in [0.717, 1.165) is 25.0 Å². The fraction of sp³-hybridized carbons (Fsp3) is 0.421. The number of carbonyl (C=O) groups is 2. The minimum atomic E-state index is -0.740. The van der Waals surface area contributed by atoms with Crippen LogP contribution in [0.3, 0.4) is 0 Å². The molecule has 0 aliphatic carbocycles. The summed E-state index contributed by atoms with van der Waals surface area (Å²) in [6.45, 7) is 0.550. The lowest BCUT2D eigenvalue weighted by Gasteiger charge is -2.34. The highest BCUT2D eigenvalue weighted by atomic mass is 19.1. The third kappa shape index (κ3) is 4.32. The van der Waals surface area contributed by atoms with E-state index in [1.54, 1.807) is 11.9 Å². The summed E-state index contributed by atoms with van der Waals surface area (Å²) in [7, 11) is 1.56. The number of likely N-dealkylation sites (N-methyl/N-ethyl adjacent to an activating group) is 1. The van der Waals surface area contributed by atoms with Gasteiger partial charge in [0, 0.05) is 32.5 Å². The highest BCUT2D eigenvalue weighted by molar-refractivity contribution is 5.87. The molecule has 0 saturated carbocycles. The summed E-state index contributed by atoms with van der Waals surface area (Å²) < 4.78 is 32.3. The number of aromatic nitrogens is 1. The third-order valence-corrected chi connectivity index (χ3v) is 4.68. The van der Waals surface area contributed by atoms with Crippen molar-refractivity contribution in [2.75, 3.05) is 13.6 Å². The highest BCUT2D eigenvalue weighted by Gasteiger charge is 2.31. The number of halogens is 2. The molecule has 27 heavy (non-hydrogen) atoms. The molecular weight excluding hydrogens is 356 g/mol. The Hall–Kier alpha value is -2.77. The first kappa shape index (κ1) is 19.0. The zero-order valence-electron chi connectivity index (χ0n) is 15.0. The van der Waals surface area contributed by atoms with Crippen molar-refractivity contribution < 1.29 is 22.8 Å². The smallest absolute Gasteiger partial charge is 0.242 e. The zero-order valence-corrected chi connectivity index (χ0v) is 15.0. The number of rotatable bonds is 5. The Labute approximate surface area is 155 Å². The van der Waals surface area contributed by atoms with Crippen LogP contribution in [0.15, 0.2) is 28.8 Å². The van der Waals surface area contributed by atoms with Crippen LogP contribution >= 0.6 is 0 Å². The molecular formula is C19H21F2N3O3. The first-order valence-corrected chi connectivity index (χ1v) is 8.91. The average Bonchev–Trinajstić information content (AvgIpc) is 3.14. The van der Waals surface area contributed by atoms with E-state index >= 15 is 0 Å². The predicted molar refractivity (Wildman–Crippen MR) is 93.6 cm³/mol. The van der Waals surface area contributed by atoms with Crippen molar-refractivity contribution in [3.05, 3.63) is 41.9 Å². The van der Waals surface area contributed by atoms with E-state index in [9.17, 15) is 18.4 Å². The SMILES string of the molecule is CNC(=O)C1CCCCN1C(=O)CCc1ncc(-c2ccc(F)cc2F)o1. The number of piperidine rings is 1. The van der Waals surface area contributed by atoms with Crippen molar-refractivity contribution >= 4 is 11.8 Å². The van der Waals surface area contributed by atoms with Crippen molar-refractivity contribution in [2.24, 2.45) is 0 Å². The van der Waals surface area contributed by atoms with Crippen molar-refractivity contribution in [1.82, 2.24) is 15.2 Å². The molecule has 1 fully saturated rings. The lowest BCUT2D eigenvalue weighted by molar-refractivity contribution is -0.142. The maximum Gasteiger partial charge on any atom is 0.242 e. The van der Waals surface area contributed by atoms with Gasteiger partial charge < -0.3 is 14.6 Å². The van der Waals surface area contributed by atoms with Gasteiger partial charge in [0.2, 0.25) is 11.8 Å². The Balaban J connectivity index is 1.64. The van der Waals surface area contributed by atoms with Gasteiger partial charge in [-0.1, -0.05) is 0 Å². The molecule has 8 heteroatoms. The number of oxazole rings is 1. The fourth-order valence-electron chi connectivity index (χ4n) is 3.27. The Morgan fingerprint density at radius 2 is 2.15 bits per heavy atom. The van der Waals surface area contributed by atoms with Crippen LogP contribution in [0.1, 0.15) is 31.6 Å². The largest absolute Gasteiger partial charge is 0.441 e. The van der Waals surface area contributed by atoms with Crippen molar-refractivity contribution in [3.63, 3.8) is 0 Å². The number of carbonyl (C=O) groups excluding carboxylic acids is 2. The van der Waals surface area contributed by atoms with Crippen LogP contribution in [0.4, 0.5) is 8.78 Å². The number of hydrogen-bond donors (Lipinski definition) is 1. The van der Waals surface area contributed by atoms with Crippen molar-refractivity contribution in [1.29, 1.82) is 0 Å². The maximum atomic E-state index is 13.8. The number of aryl methyl sites for hydroxylation is 1. The molecule has 2 amide bonds. The van der Waals surface area contributed by atoms with Gasteiger partial charge >= 0.3 is 0 Å². The predicted octanol–water partition coefficient (Wildman–Crippen LogP) is 2.68. The van der Waals surface area contributed by atoms with Gasteiger partial charge in [0.25, 0.3) is 0 Å². The second-order valence-electron chi connectivity index (χ2n) is 6.46. The van der Waals surface area contributed by atoms with Crippen LogP contribution < -0.4 is 5.32 Å². The number of hydrogen-bond acceptors (Lipinski definition) is 4. The lowest BCUT2D eigenvalue weighted by Crippen LogP contribution is -2.51. The van der Waals surface area contributed by atoms with E-state index < -0.39 is 17.7 Å². The minimum Gasteiger partial charge on any atom is -0.441 e. The summed E-state index contributed by atoms with van der Waals surface area (Å²) in [5.74, 6) is -1.25. The zero-order chi connectivity index (χ0) is 19.4. The Morgan fingerprint density at radius 1 is 1.33 bits per heavy atom.